The molecule has 6 nitrogen and oxygen atoms in total. The first kappa shape index (κ1) is 20.7. The molecule has 2 aromatic carbocycles. The van der Waals surface area contributed by atoms with Crippen LogP contribution in [0.1, 0.15) is 43.6 Å². The van der Waals surface area contributed by atoms with E-state index in [0.717, 1.165) is 17.7 Å². The van der Waals surface area contributed by atoms with Crippen molar-refractivity contribution in [3.8, 4) is 11.5 Å². The molecule has 0 unspecified atom stereocenters. The summed E-state index contributed by atoms with van der Waals surface area (Å²) in [5.41, 5.74) is 2.11. The van der Waals surface area contributed by atoms with Crippen LogP contribution in [0.15, 0.2) is 42.5 Å². The maximum absolute atomic E-state index is 12.3. The lowest BCUT2D eigenvalue weighted by molar-refractivity contribution is -0.118. The maximum atomic E-state index is 12.3. The van der Waals surface area contributed by atoms with E-state index in [2.05, 4.69) is 24.5 Å². The van der Waals surface area contributed by atoms with Crippen molar-refractivity contribution >= 4 is 17.5 Å². The highest BCUT2D eigenvalue weighted by molar-refractivity contribution is 5.96. The number of benzene rings is 2. The minimum Gasteiger partial charge on any atom is -0.488 e. The van der Waals surface area contributed by atoms with Gasteiger partial charge in [0.1, 0.15) is 12.2 Å². The summed E-state index contributed by atoms with van der Waals surface area (Å²) in [6, 6.07) is 12.7. The molecule has 3 rings (SSSR count). The van der Waals surface area contributed by atoms with Gasteiger partial charge in [-0.05, 0) is 44.2 Å². The van der Waals surface area contributed by atoms with Crippen molar-refractivity contribution in [2.24, 2.45) is 5.92 Å². The SMILES string of the molecule is CC(C)C(=O)Nc1ccc(C(=O)NCCOc2cccc3c2OC(C)(C)C3)cc1. The zero-order valence-electron chi connectivity index (χ0n) is 17.4. The van der Waals surface area contributed by atoms with Crippen LogP contribution < -0.4 is 20.1 Å². The molecular formula is C23H28N2O4. The molecule has 2 aromatic rings. The number of hydrogen-bond donors (Lipinski definition) is 2. The lowest BCUT2D eigenvalue weighted by atomic mass is 10.0. The first-order valence-corrected chi connectivity index (χ1v) is 9.88. The Balaban J connectivity index is 1.48. The van der Waals surface area contributed by atoms with E-state index in [4.69, 9.17) is 9.47 Å². The molecule has 6 heteroatoms. The van der Waals surface area contributed by atoms with E-state index in [9.17, 15) is 9.59 Å². The molecule has 0 fully saturated rings. The van der Waals surface area contributed by atoms with Crippen LogP contribution in [0.2, 0.25) is 0 Å². The summed E-state index contributed by atoms with van der Waals surface area (Å²) >= 11 is 0. The van der Waals surface area contributed by atoms with Crippen LogP contribution in [0.4, 0.5) is 5.69 Å². The summed E-state index contributed by atoms with van der Waals surface area (Å²) in [4.78, 5) is 24.0. The average molecular weight is 396 g/mol. The van der Waals surface area contributed by atoms with Crippen LogP contribution in [-0.2, 0) is 11.2 Å². The van der Waals surface area contributed by atoms with Gasteiger partial charge in [-0.1, -0.05) is 26.0 Å². The second-order valence-electron chi connectivity index (χ2n) is 8.11. The average Bonchev–Trinajstić information content (AvgIpc) is 3.00. The number of rotatable bonds is 7. The van der Waals surface area contributed by atoms with Crippen molar-refractivity contribution in [3.63, 3.8) is 0 Å². The van der Waals surface area contributed by atoms with Gasteiger partial charge < -0.3 is 20.1 Å². The monoisotopic (exact) mass is 396 g/mol. The van der Waals surface area contributed by atoms with Crippen LogP contribution in [0.5, 0.6) is 11.5 Å². The van der Waals surface area contributed by atoms with Crippen LogP contribution in [0, 0.1) is 5.92 Å². The van der Waals surface area contributed by atoms with Gasteiger partial charge >= 0.3 is 0 Å². The molecule has 0 aromatic heterocycles. The number of amides is 2. The van der Waals surface area contributed by atoms with Gasteiger partial charge in [-0.15, -0.1) is 0 Å². The molecule has 2 amide bonds. The van der Waals surface area contributed by atoms with Crippen molar-refractivity contribution in [2.75, 3.05) is 18.5 Å². The molecule has 0 bridgehead atoms. The molecule has 1 heterocycles. The van der Waals surface area contributed by atoms with Crippen LogP contribution in [0.25, 0.3) is 0 Å². The van der Waals surface area contributed by atoms with E-state index in [1.807, 2.05) is 32.0 Å². The first-order valence-electron chi connectivity index (χ1n) is 9.88. The standard InChI is InChI=1S/C23H28N2O4/c1-15(2)21(26)25-18-10-8-16(9-11-18)22(27)24-12-13-28-19-7-5-6-17-14-23(3,4)29-20(17)19/h5-11,15H,12-14H2,1-4H3,(H,24,27)(H,25,26). The Morgan fingerprint density at radius 1 is 1.14 bits per heavy atom. The fourth-order valence-corrected chi connectivity index (χ4v) is 3.12. The minimum atomic E-state index is -0.225. The number of para-hydroxylation sites is 1. The molecule has 0 radical (unpaired) electrons. The smallest absolute Gasteiger partial charge is 0.251 e. The Morgan fingerprint density at radius 3 is 2.55 bits per heavy atom. The number of anilines is 1. The van der Waals surface area contributed by atoms with Crippen LogP contribution >= 0.6 is 0 Å². The maximum Gasteiger partial charge on any atom is 0.251 e. The van der Waals surface area contributed by atoms with Crippen molar-refractivity contribution in [3.05, 3.63) is 53.6 Å². The fourth-order valence-electron chi connectivity index (χ4n) is 3.12. The quantitative estimate of drug-likeness (QED) is 0.698. The molecule has 29 heavy (non-hydrogen) atoms. The lowest BCUT2D eigenvalue weighted by Gasteiger charge is -2.18. The Kier molecular flexibility index (Phi) is 6.11. The molecule has 0 atom stereocenters. The Hall–Kier alpha value is -3.02. The third kappa shape index (κ3) is 5.28. The van der Waals surface area contributed by atoms with Crippen molar-refractivity contribution in [2.45, 2.75) is 39.7 Å². The summed E-state index contributed by atoms with van der Waals surface area (Å²) in [5, 5.41) is 5.64. The van der Waals surface area contributed by atoms with Gasteiger partial charge in [0, 0.05) is 29.2 Å². The van der Waals surface area contributed by atoms with E-state index in [0.29, 0.717) is 30.2 Å². The second kappa shape index (κ2) is 8.55. The Morgan fingerprint density at radius 2 is 1.86 bits per heavy atom. The molecule has 2 N–H and O–H groups in total. The zero-order chi connectivity index (χ0) is 21.0. The second-order valence-corrected chi connectivity index (χ2v) is 8.11. The van der Waals surface area contributed by atoms with Gasteiger partial charge in [0.15, 0.2) is 11.5 Å². The molecule has 1 aliphatic heterocycles. The van der Waals surface area contributed by atoms with Gasteiger partial charge in [0.2, 0.25) is 5.91 Å². The Bertz CT molecular complexity index is 888. The van der Waals surface area contributed by atoms with Crippen LogP contribution in [-0.4, -0.2) is 30.6 Å². The number of carbonyl (C=O) groups excluding carboxylic acids is 2. The summed E-state index contributed by atoms with van der Waals surface area (Å²) in [6.45, 7) is 8.48. The molecule has 154 valence electrons. The summed E-state index contributed by atoms with van der Waals surface area (Å²) < 4.78 is 11.8. The number of ether oxygens (including phenoxy) is 2. The van der Waals surface area contributed by atoms with Gasteiger partial charge in [0.25, 0.3) is 5.91 Å². The van der Waals surface area contributed by atoms with Crippen LogP contribution in [0.3, 0.4) is 0 Å². The van der Waals surface area contributed by atoms with Crippen molar-refractivity contribution in [1.29, 1.82) is 0 Å². The highest BCUT2D eigenvalue weighted by Gasteiger charge is 2.32. The van der Waals surface area contributed by atoms with Gasteiger partial charge in [-0.3, -0.25) is 9.59 Å². The number of fused-ring (bicyclic) bond motifs is 1. The Labute approximate surface area is 171 Å². The fraction of sp³-hybridized carbons (Fsp3) is 0.391. The minimum absolute atomic E-state index is 0.0564. The molecule has 0 saturated heterocycles. The zero-order valence-corrected chi connectivity index (χ0v) is 17.4. The predicted molar refractivity (Wildman–Crippen MR) is 113 cm³/mol. The largest absolute Gasteiger partial charge is 0.488 e. The number of nitrogens with one attached hydrogen (secondary N) is 2. The molecular weight excluding hydrogens is 368 g/mol. The third-order valence-electron chi connectivity index (χ3n) is 4.64. The van der Waals surface area contributed by atoms with Gasteiger partial charge in [-0.2, -0.15) is 0 Å². The summed E-state index contributed by atoms with van der Waals surface area (Å²) in [6.07, 6.45) is 0.851. The van der Waals surface area contributed by atoms with E-state index in [1.54, 1.807) is 24.3 Å². The van der Waals surface area contributed by atoms with E-state index < -0.39 is 0 Å². The van der Waals surface area contributed by atoms with E-state index in [1.165, 1.54) is 0 Å². The number of hydrogen-bond acceptors (Lipinski definition) is 4. The van der Waals surface area contributed by atoms with E-state index >= 15 is 0 Å². The first-order chi connectivity index (χ1) is 13.7. The molecule has 1 aliphatic rings. The lowest BCUT2D eigenvalue weighted by Crippen LogP contribution is -2.28. The topological polar surface area (TPSA) is 76.7 Å². The predicted octanol–water partition coefficient (Wildman–Crippen LogP) is 3.80. The van der Waals surface area contributed by atoms with Gasteiger partial charge in [-0.25, -0.2) is 0 Å². The highest BCUT2D eigenvalue weighted by Crippen LogP contribution is 2.41. The normalized spacial score (nSPS) is 14.1. The van der Waals surface area contributed by atoms with Crippen molar-refractivity contribution < 1.29 is 19.1 Å². The molecule has 0 aliphatic carbocycles. The highest BCUT2D eigenvalue weighted by atomic mass is 16.5. The van der Waals surface area contributed by atoms with E-state index in [-0.39, 0.29) is 23.3 Å². The number of carbonyl (C=O) groups is 2. The summed E-state index contributed by atoms with van der Waals surface area (Å²) in [7, 11) is 0. The molecule has 0 spiro atoms. The van der Waals surface area contributed by atoms with Crippen molar-refractivity contribution in [1.82, 2.24) is 5.32 Å². The van der Waals surface area contributed by atoms with Gasteiger partial charge in [0.05, 0.1) is 6.54 Å². The third-order valence-corrected chi connectivity index (χ3v) is 4.64. The molecule has 0 saturated carbocycles. The summed E-state index contributed by atoms with van der Waals surface area (Å²) in [5.74, 6) is 1.15.